The Kier molecular flexibility index (Phi) is 7.25. The lowest BCUT2D eigenvalue weighted by Gasteiger charge is -2.23. The van der Waals surface area contributed by atoms with Crippen molar-refractivity contribution in [1.82, 2.24) is 5.32 Å². The van der Waals surface area contributed by atoms with E-state index < -0.39 is 11.9 Å². The van der Waals surface area contributed by atoms with E-state index in [9.17, 15) is 24.6 Å². The van der Waals surface area contributed by atoms with Crippen LogP contribution in [0, 0.1) is 10.7 Å². The number of likely N-dealkylation sites (N-methyl/N-ethyl adjacent to an activating group) is 2. The van der Waals surface area contributed by atoms with Crippen molar-refractivity contribution in [2.24, 2.45) is 0 Å². The normalized spacial score (nSPS) is 10.4. The molecule has 1 aromatic carbocycles. The number of carboxylic acid groups (broad SMARTS) is 2. The van der Waals surface area contributed by atoms with Crippen molar-refractivity contribution in [2.75, 3.05) is 25.5 Å². The van der Waals surface area contributed by atoms with Crippen LogP contribution < -0.4 is 10.2 Å². The van der Waals surface area contributed by atoms with Gasteiger partial charge in [-0.3, -0.25) is 4.79 Å². The van der Waals surface area contributed by atoms with E-state index in [2.05, 4.69) is 5.32 Å². The van der Waals surface area contributed by atoms with Crippen LogP contribution in [0.4, 0.5) is 5.69 Å². The lowest BCUT2D eigenvalue weighted by atomic mass is 10.1. The monoisotopic (exact) mass is 644 g/mol. The zero-order valence-electron chi connectivity index (χ0n) is 11.4. The Morgan fingerprint density at radius 1 is 1.00 bits per heavy atom. The Hall–Kier alpha value is -0.220. The van der Waals surface area contributed by atoms with Crippen LogP contribution in [-0.2, 0) is 4.79 Å². The van der Waals surface area contributed by atoms with Crippen molar-refractivity contribution in [2.45, 2.75) is 0 Å². The van der Waals surface area contributed by atoms with Crippen LogP contribution in [0.3, 0.4) is 0 Å². The minimum atomic E-state index is -1.23. The summed E-state index contributed by atoms with van der Waals surface area (Å²) in [6, 6.07) is 0. The van der Waals surface area contributed by atoms with E-state index in [1.807, 2.05) is 45.2 Å². The molecule has 0 radical (unpaired) electrons. The van der Waals surface area contributed by atoms with Crippen LogP contribution in [-0.4, -0.2) is 48.7 Å². The average Bonchev–Trinajstić information content (AvgIpc) is 2.37. The maximum Gasteiger partial charge on any atom is 0.337 e. The molecule has 0 heterocycles. The van der Waals surface area contributed by atoms with Crippen molar-refractivity contribution < 1.29 is 24.6 Å². The Balaban J connectivity index is 3.74. The summed E-state index contributed by atoms with van der Waals surface area (Å²) in [7, 11) is 3.10. The predicted molar refractivity (Wildman–Crippen MR) is 106 cm³/mol. The van der Waals surface area contributed by atoms with Gasteiger partial charge in [-0.05, 0) is 74.8 Å². The molecule has 10 heteroatoms. The Bertz CT molecular complexity index is 622. The third kappa shape index (κ3) is 3.81. The van der Waals surface area contributed by atoms with Crippen molar-refractivity contribution in [3.05, 3.63) is 21.8 Å². The maximum atomic E-state index is 12.1. The molecule has 7 nitrogen and oxygen atoms in total. The highest BCUT2D eigenvalue weighted by Crippen LogP contribution is 2.37. The van der Waals surface area contributed by atoms with E-state index in [0.717, 1.165) is 0 Å². The van der Waals surface area contributed by atoms with Gasteiger partial charge in [0.1, 0.15) is 0 Å². The minimum absolute atomic E-state index is 0.0550. The van der Waals surface area contributed by atoms with Gasteiger partial charge >= 0.3 is 11.9 Å². The number of hydrogen-bond acceptors (Lipinski definition) is 4. The molecule has 0 saturated heterocycles. The largest absolute Gasteiger partial charge is 0.478 e. The highest BCUT2D eigenvalue weighted by molar-refractivity contribution is 14.1. The number of rotatable bonds is 5. The van der Waals surface area contributed by atoms with Crippen LogP contribution in [0.15, 0.2) is 0 Å². The fourth-order valence-electron chi connectivity index (χ4n) is 1.72. The Morgan fingerprint density at radius 3 is 1.73 bits per heavy atom. The number of anilines is 1. The third-order valence-electron chi connectivity index (χ3n) is 2.76. The third-order valence-corrected chi connectivity index (χ3v) is 5.94. The Labute approximate surface area is 167 Å². The quantitative estimate of drug-likeness (QED) is 0.425. The van der Waals surface area contributed by atoms with Crippen molar-refractivity contribution in [3.63, 3.8) is 0 Å². The molecule has 0 aliphatic heterocycles. The number of nitrogens with zero attached hydrogens (tertiary/aromatic N) is 1. The summed E-state index contributed by atoms with van der Waals surface area (Å²) in [6.45, 7) is 0.0550. The molecule has 0 saturated carbocycles. The molecule has 0 spiro atoms. The van der Waals surface area contributed by atoms with Crippen molar-refractivity contribution in [3.8, 4) is 0 Å². The first-order chi connectivity index (χ1) is 10.1. The SMILES string of the molecule is CNCC(=O)N(C)c1c(I)c(C(=O)O)c(I)c(C(=O)O)c1I. The van der Waals surface area contributed by atoms with Gasteiger partial charge < -0.3 is 20.4 Å². The molecule has 0 fully saturated rings. The Morgan fingerprint density at radius 2 is 1.41 bits per heavy atom. The van der Waals surface area contributed by atoms with Crippen LogP contribution >= 0.6 is 67.8 Å². The lowest BCUT2D eigenvalue weighted by Crippen LogP contribution is -2.36. The molecule has 0 unspecified atom stereocenters. The highest BCUT2D eigenvalue weighted by Gasteiger charge is 2.30. The van der Waals surface area contributed by atoms with Gasteiger partial charge in [0.2, 0.25) is 5.91 Å². The van der Waals surface area contributed by atoms with Crippen LogP contribution in [0.1, 0.15) is 20.7 Å². The van der Waals surface area contributed by atoms with Gasteiger partial charge in [0.25, 0.3) is 0 Å². The van der Waals surface area contributed by atoms with E-state index in [4.69, 9.17) is 0 Å². The fourth-order valence-corrected chi connectivity index (χ4v) is 6.53. The van der Waals surface area contributed by atoms with Crippen LogP contribution in [0.25, 0.3) is 0 Å². The first-order valence-electron chi connectivity index (χ1n) is 5.73. The van der Waals surface area contributed by atoms with E-state index >= 15 is 0 Å². The number of carboxylic acids is 2. The smallest absolute Gasteiger partial charge is 0.337 e. The van der Waals surface area contributed by atoms with Gasteiger partial charge in [-0.2, -0.15) is 0 Å². The number of aromatic carboxylic acids is 2. The van der Waals surface area contributed by atoms with E-state index in [1.54, 1.807) is 29.6 Å². The summed E-state index contributed by atoms with van der Waals surface area (Å²) in [5.74, 6) is -2.76. The molecule has 0 aliphatic carbocycles. The van der Waals surface area contributed by atoms with E-state index in [1.165, 1.54) is 11.9 Å². The topological polar surface area (TPSA) is 107 Å². The zero-order chi connectivity index (χ0) is 17.2. The van der Waals surface area contributed by atoms with E-state index in [0.29, 0.717) is 7.14 Å². The summed E-state index contributed by atoms with van der Waals surface area (Å²) in [6.07, 6.45) is 0. The number of nitrogens with one attached hydrogen (secondary N) is 1. The molecule has 120 valence electrons. The second-order valence-corrected chi connectivity index (χ2v) is 7.37. The second kappa shape index (κ2) is 8.05. The van der Waals surface area contributed by atoms with Crippen molar-refractivity contribution >= 4 is 91.3 Å². The molecule has 22 heavy (non-hydrogen) atoms. The molecule has 0 aliphatic rings. The first kappa shape index (κ1) is 19.8. The number of hydrogen-bond donors (Lipinski definition) is 3. The fraction of sp³-hybridized carbons (Fsp3) is 0.250. The summed E-state index contributed by atoms with van der Waals surface area (Å²) in [4.78, 5) is 36.3. The predicted octanol–water partition coefficient (Wildman–Crippen LogP) is 2.08. The van der Waals surface area contributed by atoms with Crippen LogP contribution in [0.2, 0.25) is 0 Å². The second-order valence-electron chi connectivity index (χ2n) is 4.13. The molecular weight excluding hydrogens is 633 g/mol. The maximum absolute atomic E-state index is 12.1. The number of amides is 1. The minimum Gasteiger partial charge on any atom is -0.478 e. The molecule has 0 bridgehead atoms. The summed E-state index contributed by atoms with van der Waals surface area (Å²) in [5.41, 5.74) is 0.0629. The molecule has 0 atom stereocenters. The molecule has 1 amide bonds. The number of carbonyl (C=O) groups is 3. The lowest BCUT2D eigenvalue weighted by molar-refractivity contribution is -0.117. The molecule has 1 aromatic rings. The van der Waals surface area contributed by atoms with Gasteiger partial charge in [-0.1, -0.05) is 0 Å². The summed E-state index contributed by atoms with van der Waals surface area (Å²) >= 11 is 5.36. The summed E-state index contributed by atoms with van der Waals surface area (Å²) in [5, 5.41) is 21.5. The summed E-state index contributed by atoms with van der Waals surface area (Å²) < 4.78 is 0.802. The van der Waals surface area contributed by atoms with Gasteiger partial charge in [0, 0.05) is 10.6 Å². The van der Waals surface area contributed by atoms with E-state index in [-0.39, 0.29) is 32.8 Å². The van der Waals surface area contributed by atoms with Gasteiger partial charge in [0.05, 0.1) is 30.5 Å². The van der Waals surface area contributed by atoms with Gasteiger partial charge in [0.15, 0.2) is 0 Å². The molecule has 3 N–H and O–H groups in total. The van der Waals surface area contributed by atoms with Crippen LogP contribution in [0.5, 0.6) is 0 Å². The molecule has 0 aromatic heterocycles. The van der Waals surface area contributed by atoms with Gasteiger partial charge in [-0.25, -0.2) is 9.59 Å². The number of benzene rings is 1. The van der Waals surface area contributed by atoms with Gasteiger partial charge in [-0.15, -0.1) is 0 Å². The molecule has 1 rings (SSSR count). The average molecular weight is 644 g/mol. The molecular formula is C12H11I3N2O5. The highest BCUT2D eigenvalue weighted by atomic mass is 127. The van der Waals surface area contributed by atoms with Crippen molar-refractivity contribution in [1.29, 1.82) is 0 Å². The zero-order valence-corrected chi connectivity index (χ0v) is 17.9. The first-order valence-corrected chi connectivity index (χ1v) is 8.96. The number of halogens is 3. The standard InChI is InChI=1S/C12H11I3N2O5/c1-16-3-4(18)17(2)10-8(14)5(11(19)20)7(13)6(9(10)15)12(21)22/h16H,3H2,1-2H3,(H,19,20)(H,21,22). The number of carbonyl (C=O) groups excluding carboxylic acids is 1.